The van der Waals surface area contributed by atoms with Gasteiger partial charge in [-0.1, -0.05) is 0 Å². The van der Waals surface area contributed by atoms with E-state index in [0.717, 1.165) is 13.0 Å². The lowest BCUT2D eigenvalue weighted by molar-refractivity contribution is 0.0957. The maximum absolute atomic E-state index is 12.2. The van der Waals surface area contributed by atoms with Gasteiger partial charge in [-0.05, 0) is 31.7 Å². The molecule has 4 N–H and O–H groups in total. The molecule has 3 unspecified atom stereocenters. The van der Waals surface area contributed by atoms with E-state index in [2.05, 4.69) is 41.4 Å². The Balaban J connectivity index is 1.54. The minimum absolute atomic E-state index is 0.231. The zero-order valence-corrected chi connectivity index (χ0v) is 15.4. The van der Waals surface area contributed by atoms with Crippen molar-refractivity contribution in [2.75, 3.05) is 24.2 Å². The Morgan fingerprint density at radius 3 is 2.89 bits per heavy atom. The van der Waals surface area contributed by atoms with Gasteiger partial charge in [0.1, 0.15) is 11.9 Å². The molecule has 1 aliphatic heterocycles. The van der Waals surface area contributed by atoms with Crippen molar-refractivity contribution in [1.82, 2.24) is 30.8 Å². The fourth-order valence-corrected chi connectivity index (χ4v) is 3.77. The van der Waals surface area contributed by atoms with Crippen LogP contribution in [0.4, 0.5) is 17.3 Å². The predicted octanol–water partition coefficient (Wildman–Crippen LogP) is 0.794. The number of carbonyl (C=O) groups is 1. The molecule has 1 saturated heterocycles. The summed E-state index contributed by atoms with van der Waals surface area (Å²) in [6, 6.07) is 4.52. The number of amides is 1. The summed E-state index contributed by atoms with van der Waals surface area (Å²) in [5.41, 5.74) is 1.12. The number of piperidine rings is 1. The van der Waals surface area contributed by atoms with Gasteiger partial charge in [0.2, 0.25) is 0 Å². The Labute approximate surface area is 162 Å². The predicted molar refractivity (Wildman–Crippen MR) is 102 cm³/mol. The average molecular weight is 379 g/mol. The molecule has 1 aliphatic carbocycles. The molecule has 1 amide bonds. The van der Waals surface area contributed by atoms with Gasteiger partial charge in [0.05, 0.1) is 18.1 Å². The van der Waals surface area contributed by atoms with Crippen LogP contribution >= 0.6 is 0 Å². The molecule has 2 aromatic heterocycles. The van der Waals surface area contributed by atoms with E-state index < -0.39 is 0 Å². The van der Waals surface area contributed by atoms with Gasteiger partial charge in [-0.3, -0.25) is 4.79 Å². The summed E-state index contributed by atoms with van der Waals surface area (Å²) in [4.78, 5) is 20.3. The third-order valence-corrected chi connectivity index (χ3v) is 5.26. The molecule has 2 fully saturated rings. The molecule has 2 aromatic rings. The number of hydrogen-bond donors (Lipinski definition) is 4. The third kappa shape index (κ3) is 3.57. The molecule has 1 saturated carbocycles. The van der Waals surface area contributed by atoms with Crippen LogP contribution in [0.2, 0.25) is 0 Å². The van der Waals surface area contributed by atoms with E-state index in [4.69, 9.17) is 5.26 Å². The van der Waals surface area contributed by atoms with Gasteiger partial charge >= 0.3 is 0 Å². The second kappa shape index (κ2) is 7.74. The maximum Gasteiger partial charge on any atom is 0.273 e. The minimum Gasteiger partial charge on any atom is -0.380 e. The largest absolute Gasteiger partial charge is 0.380 e. The van der Waals surface area contributed by atoms with Crippen molar-refractivity contribution in [3.63, 3.8) is 0 Å². The van der Waals surface area contributed by atoms with E-state index in [9.17, 15) is 4.79 Å². The number of nitrogens with zero attached hydrogens (tertiary/aromatic N) is 5. The molecule has 0 spiro atoms. The van der Waals surface area contributed by atoms with Crippen LogP contribution in [-0.4, -0.2) is 51.7 Å². The van der Waals surface area contributed by atoms with E-state index in [1.54, 1.807) is 13.1 Å². The molecule has 144 valence electrons. The molecule has 28 heavy (non-hydrogen) atoms. The number of rotatable bonds is 5. The van der Waals surface area contributed by atoms with Crippen LogP contribution < -0.4 is 21.3 Å². The molecule has 3 heterocycles. The lowest BCUT2D eigenvalue weighted by Crippen LogP contribution is -2.59. The topological polar surface area (TPSA) is 141 Å². The summed E-state index contributed by atoms with van der Waals surface area (Å²) < 4.78 is 0. The molecule has 0 bridgehead atoms. The molecule has 10 heteroatoms. The smallest absolute Gasteiger partial charge is 0.273 e. The van der Waals surface area contributed by atoms with Crippen molar-refractivity contribution in [1.29, 1.82) is 5.26 Å². The third-order valence-electron chi connectivity index (χ3n) is 5.26. The highest BCUT2D eigenvalue weighted by atomic mass is 16.1. The Morgan fingerprint density at radius 2 is 2.18 bits per heavy atom. The Morgan fingerprint density at radius 1 is 1.29 bits per heavy atom. The number of nitriles is 1. The van der Waals surface area contributed by atoms with Crippen molar-refractivity contribution in [2.45, 2.75) is 31.3 Å². The van der Waals surface area contributed by atoms with E-state index in [1.165, 1.54) is 25.2 Å². The number of carbonyl (C=O) groups excluding carboxylic acids is 1. The van der Waals surface area contributed by atoms with Crippen LogP contribution in [0, 0.1) is 17.2 Å². The highest BCUT2D eigenvalue weighted by molar-refractivity contribution is 5.97. The monoisotopic (exact) mass is 379 g/mol. The lowest BCUT2D eigenvalue weighted by Gasteiger charge is -2.49. The average Bonchev–Trinajstić information content (AvgIpc) is 2.72. The Hall–Kier alpha value is -3.32. The van der Waals surface area contributed by atoms with Crippen LogP contribution in [0.5, 0.6) is 0 Å². The minimum atomic E-state index is -0.294. The summed E-state index contributed by atoms with van der Waals surface area (Å²) in [5.74, 6) is 1.14. The van der Waals surface area contributed by atoms with Gasteiger partial charge in [-0.15, -0.1) is 10.2 Å². The first-order valence-corrected chi connectivity index (χ1v) is 9.27. The first-order chi connectivity index (χ1) is 13.7. The highest BCUT2D eigenvalue weighted by Gasteiger charge is 2.42. The fraction of sp³-hybridized carbons (Fsp3) is 0.444. The van der Waals surface area contributed by atoms with Crippen molar-refractivity contribution >= 4 is 23.2 Å². The van der Waals surface area contributed by atoms with Crippen LogP contribution in [0.15, 0.2) is 18.5 Å². The van der Waals surface area contributed by atoms with Crippen molar-refractivity contribution in [3.05, 3.63) is 29.8 Å². The number of nitrogens with one attached hydrogen (secondary N) is 4. The van der Waals surface area contributed by atoms with Crippen molar-refractivity contribution < 1.29 is 4.79 Å². The lowest BCUT2D eigenvalue weighted by atomic mass is 9.70. The number of anilines is 3. The quantitative estimate of drug-likeness (QED) is 0.593. The summed E-state index contributed by atoms with van der Waals surface area (Å²) in [6.45, 7) is 1.08. The number of hydrogen-bond acceptors (Lipinski definition) is 9. The first kappa shape index (κ1) is 18.1. The van der Waals surface area contributed by atoms with E-state index in [0.29, 0.717) is 35.3 Å². The second-order valence-electron chi connectivity index (χ2n) is 6.95. The van der Waals surface area contributed by atoms with Crippen molar-refractivity contribution in [2.24, 2.45) is 5.92 Å². The SMILES string of the molecule is CNC(=O)c1nnc(Nc2cnc(C#N)cn2)cc1NC1CC2NCCCC21. The normalized spacial score (nSPS) is 22.9. The van der Waals surface area contributed by atoms with Crippen LogP contribution in [0.3, 0.4) is 0 Å². The van der Waals surface area contributed by atoms with Gasteiger partial charge in [-0.2, -0.15) is 5.26 Å². The van der Waals surface area contributed by atoms with Gasteiger partial charge in [-0.25, -0.2) is 9.97 Å². The number of fused-ring (bicyclic) bond motifs is 1. The van der Waals surface area contributed by atoms with E-state index in [-0.39, 0.29) is 17.3 Å². The highest BCUT2D eigenvalue weighted by Crippen LogP contribution is 2.37. The van der Waals surface area contributed by atoms with Crippen LogP contribution in [-0.2, 0) is 0 Å². The maximum atomic E-state index is 12.2. The van der Waals surface area contributed by atoms with Crippen molar-refractivity contribution in [3.8, 4) is 6.07 Å². The standard InChI is InChI=1S/C18H21N9O/c1-20-18(28)17-14(24-13-5-12-11(13)3-2-4-21-12)6-15(26-27-17)25-16-9-22-10(7-19)8-23-16/h6,8-9,11-13,21H,2-5H2,1H3,(H,20,28)(H2,23,24,25,26). The van der Waals surface area contributed by atoms with Crippen LogP contribution in [0.1, 0.15) is 35.4 Å². The molecule has 2 aliphatic rings. The Kier molecular flexibility index (Phi) is 4.99. The number of aromatic nitrogens is 4. The summed E-state index contributed by atoms with van der Waals surface area (Å²) in [7, 11) is 1.57. The van der Waals surface area contributed by atoms with Gasteiger partial charge in [0, 0.05) is 25.2 Å². The zero-order valence-electron chi connectivity index (χ0n) is 15.4. The molecule has 0 aromatic carbocycles. The molecule has 0 radical (unpaired) electrons. The Bertz CT molecular complexity index is 908. The second-order valence-corrected chi connectivity index (χ2v) is 6.95. The van der Waals surface area contributed by atoms with E-state index in [1.807, 2.05) is 6.07 Å². The van der Waals surface area contributed by atoms with E-state index >= 15 is 0 Å². The summed E-state index contributed by atoms with van der Waals surface area (Å²) in [5, 5.41) is 29.6. The zero-order chi connectivity index (χ0) is 19.5. The summed E-state index contributed by atoms with van der Waals surface area (Å²) in [6.07, 6.45) is 6.18. The van der Waals surface area contributed by atoms with Crippen LogP contribution in [0.25, 0.3) is 0 Å². The fourth-order valence-electron chi connectivity index (χ4n) is 3.77. The molecule has 3 atom stereocenters. The molecular formula is C18H21N9O. The van der Waals surface area contributed by atoms with Gasteiger partial charge < -0.3 is 21.3 Å². The molecule has 10 nitrogen and oxygen atoms in total. The van der Waals surface area contributed by atoms with Gasteiger partial charge in [0.25, 0.3) is 5.91 Å². The molecular weight excluding hydrogens is 358 g/mol. The summed E-state index contributed by atoms with van der Waals surface area (Å²) >= 11 is 0. The molecule has 4 rings (SSSR count). The first-order valence-electron chi connectivity index (χ1n) is 9.27. The van der Waals surface area contributed by atoms with Gasteiger partial charge in [0.15, 0.2) is 17.2 Å².